The van der Waals surface area contributed by atoms with Crippen molar-refractivity contribution in [2.45, 2.75) is 46.9 Å². The predicted octanol–water partition coefficient (Wildman–Crippen LogP) is 4.50. The van der Waals surface area contributed by atoms with E-state index in [9.17, 15) is 4.79 Å². The summed E-state index contributed by atoms with van der Waals surface area (Å²) >= 11 is 5.55. The lowest BCUT2D eigenvalue weighted by molar-refractivity contribution is -0.131. The Balaban J connectivity index is 1.58. The van der Waals surface area contributed by atoms with Crippen molar-refractivity contribution in [2.75, 3.05) is 6.54 Å². The van der Waals surface area contributed by atoms with Gasteiger partial charge in [0.25, 0.3) is 0 Å². The van der Waals surface area contributed by atoms with E-state index in [0.717, 1.165) is 41.5 Å². The largest absolute Gasteiger partial charge is 0.330 e. The summed E-state index contributed by atoms with van der Waals surface area (Å²) in [4.78, 5) is 16.1. The van der Waals surface area contributed by atoms with E-state index < -0.39 is 0 Å². The third-order valence-corrected chi connectivity index (χ3v) is 8.04. The number of piperidine rings is 1. The summed E-state index contributed by atoms with van der Waals surface area (Å²) in [6.45, 7) is 2.93. The number of likely N-dealkylation sites (tertiary alicyclic amines) is 1. The fraction of sp³-hybridized carbons (Fsp3) is 0.444. The molecule has 0 N–H and O–H groups in total. The first kappa shape index (κ1) is 19.1. The van der Waals surface area contributed by atoms with Crippen LogP contribution in [0, 0.1) is 0 Å². The van der Waals surface area contributed by atoms with Gasteiger partial charge in [0.1, 0.15) is 5.03 Å². The molecule has 1 unspecified atom stereocenters. The van der Waals surface area contributed by atoms with E-state index in [1.54, 1.807) is 15.9 Å². The van der Waals surface area contributed by atoms with Gasteiger partial charge in [-0.2, -0.15) is 9.61 Å². The van der Waals surface area contributed by atoms with Crippen molar-refractivity contribution in [1.29, 1.82) is 0 Å². The predicted molar refractivity (Wildman–Crippen MR) is 117 cm³/mol. The van der Waals surface area contributed by atoms with Crippen LogP contribution in [0.25, 0.3) is 16.3 Å². The van der Waals surface area contributed by atoms with Crippen molar-refractivity contribution in [3.05, 3.63) is 29.6 Å². The molecule has 1 fully saturated rings. The maximum Gasteiger partial charge on any atom is 0.236 e. The molecule has 3 aromatic heterocycles. The van der Waals surface area contributed by atoms with Crippen LogP contribution >= 0.6 is 45.7 Å². The molecule has 6 nitrogen and oxygen atoms in total. The lowest BCUT2D eigenvalue weighted by atomic mass is 10.1. The number of rotatable bonds is 5. The molecule has 27 heavy (non-hydrogen) atoms. The summed E-state index contributed by atoms with van der Waals surface area (Å²) in [5.41, 5.74) is 0.713. The van der Waals surface area contributed by atoms with Crippen molar-refractivity contribution in [3.63, 3.8) is 0 Å². The number of carbonyl (C=O) groups is 1. The van der Waals surface area contributed by atoms with E-state index in [2.05, 4.69) is 39.7 Å². The van der Waals surface area contributed by atoms with Crippen LogP contribution in [-0.2, 0) is 4.79 Å². The third kappa shape index (κ3) is 4.00. The zero-order chi connectivity index (χ0) is 18.8. The van der Waals surface area contributed by atoms with E-state index in [1.165, 1.54) is 18.2 Å². The van der Waals surface area contributed by atoms with Crippen LogP contribution in [0.5, 0.6) is 0 Å². The molecule has 0 radical (unpaired) electrons. The molecule has 0 spiro atoms. The van der Waals surface area contributed by atoms with Gasteiger partial charge in [-0.05, 0) is 49.3 Å². The van der Waals surface area contributed by atoms with Crippen molar-refractivity contribution < 1.29 is 4.79 Å². The second-order valence-electron chi connectivity index (χ2n) is 6.42. The fourth-order valence-corrected chi connectivity index (χ4v) is 5.83. The molecule has 0 aromatic carbocycles. The van der Waals surface area contributed by atoms with Crippen LogP contribution in [0.1, 0.15) is 32.6 Å². The molecule has 142 valence electrons. The second-order valence-corrected chi connectivity index (χ2v) is 10.0. The first-order valence-electron chi connectivity index (χ1n) is 9.05. The van der Waals surface area contributed by atoms with Gasteiger partial charge < -0.3 is 4.90 Å². The number of nitrogens with zero attached hydrogens (tertiary/aromatic N) is 5. The van der Waals surface area contributed by atoms with Gasteiger partial charge in [-0.1, -0.05) is 47.3 Å². The first-order chi connectivity index (χ1) is 13.2. The maximum absolute atomic E-state index is 13.1. The number of halogens is 1. The van der Waals surface area contributed by atoms with Crippen LogP contribution < -0.4 is 0 Å². The molecule has 1 aliphatic rings. The summed E-state index contributed by atoms with van der Waals surface area (Å²) in [6.07, 6.45) is 4.17. The van der Waals surface area contributed by atoms with E-state index in [1.807, 2.05) is 34.5 Å². The standard InChI is InChI=1S/C18H20IN5OS2/c1-2-12(18(25)23-10-4-3-7-14(23)19)27-16-9-8-15-20-21-17(24(15)22-16)13-6-5-11-26-13/h5-6,8-9,11-12,14H,2-4,7,10H2,1H3/t12-,14?/m1/s1. The Labute approximate surface area is 179 Å². The Morgan fingerprint density at radius 1 is 1.37 bits per heavy atom. The highest BCUT2D eigenvalue weighted by atomic mass is 127. The molecule has 0 saturated carbocycles. The van der Waals surface area contributed by atoms with E-state index in [-0.39, 0.29) is 11.2 Å². The van der Waals surface area contributed by atoms with Gasteiger partial charge in [0, 0.05) is 6.54 Å². The van der Waals surface area contributed by atoms with Gasteiger partial charge in [0.05, 0.1) is 14.2 Å². The average molecular weight is 513 g/mol. The zero-order valence-electron chi connectivity index (χ0n) is 14.9. The molecule has 9 heteroatoms. The van der Waals surface area contributed by atoms with Crippen LogP contribution in [0.4, 0.5) is 0 Å². The fourth-order valence-electron chi connectivity index (χ4n) is 3.17. The minimum atomic E-state index is -0.119. The summed E-state index contributed by atoms with van der Waals surface area (Å²) in [5.74, 6) is 0.968. The smallest absolute Gasteiger partial charge is 0.236 e. The molecule has 1 saturated heterocycles. The highest BCUT2D eigenvalue weighted by molar-refractivity contribution is 14.1. The van der Waals surface area contributed by atoms with E-state index in [0.29, 0.717) is 9.70 Å². The molecular formula is C18H20IN5OS2. The molecule has 2 atom stereocenters. The van der Waals surface area contributed by atoms with Crippen molar-refractivity contribution >= 4 is 57.2 Å². The summed E-state index contributed by atoms with van der Waals surface area (Å²) < 4.78 is 2.07. The van der Waals surface area contributed by atoms with Gasteiger partial charge in [0.15, 0.2) is 11.5 Å². The number of aromatic nitrogens is 4. The van der Waals surface area contributed by atoms with E-state index in [4.69, 9.17) is 5.10 Å². The number of alkyl halides is 1. The molecule has 1 amide bonds. The third-order valence-electron chi connectivity index (χ3n) is 4.60. The zero-order valence-corrected chi connectivity index (χ0v) is 18.7. The van der Waals surface area contributed by atoms with Crippen molar-refractivity contribution in [1.82, 2.24) is 24.7 Å². The number of carbonyl (C=O) groups excluding carboxylic acids is 1. The van der Waals surface area contributed by atoms with Crippen molar-refractivity contribution in [2.24, 2.45) is 0 Å². The first-order valence-corrected chi connectivity index (χ1v) is 12.1. The normalized spacial score (nSPS) is 18.7. The molecule has 0 aliphatic carbocycles. The minimum Gasteiger partial charge on any atom is -0.330 e. The number of hydrogen-bond acceptors (Lipinski definition) is 6. The quantitative estimate of drug-likeness (QED) is 0.218. The Kier molecular flexibility index (Phi) is 5.98. The molecule has 3 aromatic rings. The summed E-state index contributed by atoms with van der Waals surface area (Å²) in [6, 6.07) is 7.85. The topological polar surface area (TPSA) is 63.4 Å². The molecule has 4 heterocycles. The van der Waals surface area contributed by atoms with E-state index >= 15 is 0 Å². The molecule has 4 rings (SSSR count). The second kappa shape index (κ2) is 8.44. The molecular weight excluding hydrogens is 493 g/mol. The number of fused-ring (bicyclic) bond motifs is 1. The van der Waals surface area contributed by atoms with Gasteiger partial charge in [0.2, 0.25) is 5.91 Å². The Morgan fingerprint density at radius 3 is 3.00 bits per heavy atom. The maximum atomic E-state index is 13.1. The van der Waals surface area contributed by atoms with Gasteiger partial charge in [-0.3, -0.25) is 4.79 Å². The van der Waals surface area contributed by atoms with Crippen LogP contribution in [-0.4, -0.2) is 46.5 Å². The Bertz CT molecular complexity index is 929. The molecule has 0 bridgehead atoms. The number of thioether (sulfide) groups is 1. The highest BCUT2D eigenvalue weighted by Gasteiger charge is 2.30. The van der Waals surface area contributed by atoms with Gasteiger partial charge in [-0.15, -0.1) is 21.5 Å². The van der Waals surface area contributed by atoms with Crippen LogP contribution in [0.15, 0.2) is 34.7 Å². The summed E-state index contributed by atoms with van der Waals surface area (Å²) in [7, 11) is 0. The highest BCUT2D eigenvalue weighted by Crippen LogP contribution is 2.30. The Hall–Kier alpha value is -1.20. The SMILES string of the molecule is CC[C@@H](Sc1ccc2nnc(-c3cccs3)n2n1)C(=O)N1CCCCC1I. The lowest BCUT2D eigenvalue weighted by Crippen LogP contribution is -2.44. The van der Waals surface area contributed by atoms with Gasteiger partial charge >= 0.3 is 0 Å². The van der Waals surface area contributed by atoms with Crippen LogP contribution in [0.2, 0.25) is 0 Å². The molecule has 1 aliphatic heterocycles. The number of thiophene rings is 1. The summed E-state index contributed by atoms with van der Waals surface area (Å²) in [5, 5.41) is 15.9. The monoisotopic (exact) mass is 513 g/mol. The number of hydrogen-bond donors (Lipinski definition) is 0. The van der Waals surface area contributed by atoms with Crippen molar-refractivity contribution in [3.8, 4) is 10.7 Å². The number of amides is 1. The van der Waals surface area contributed by atoms with Crippen LogP contribution in [0.3, 0.4) is 0 Å². The van der Waals surface area contributed by atoms with Gasteiger partial charge in [-0.25, -0.2) is 0 Å². The average Bonchev–Trinajstić information content (AvgIpc) is 3.35. The lowest BCUT2D eigenvalue weighted by Gasteiger charge is -2.34. The minimum absolute atomic E-state index is 0.119. The Morgan fingerprint density at radius 2 is 2.26 bits per heavy atom.